The molecule has 1 atom stereocenters. The van der Waals surface area contributed by atoms with Gasteiger partial charge in [0.1, 0.15) is 0 Å². The largest absolute Gasteiger partial charge is 0.381 e. The number of rotatable bonds is 5. The monoisotopic (exact) mass is 414 g/mol. The average Bonchev–Trinajstić information content (AvgIpc) is 3.54. The molecule has 1 saturated heterocycles. The molecule has 5 heterocycles. The van der Waals surface area contributed by atoms with Gasteiger partial charge in [0.2, 0.25) is 5.95 Å². The minimum Gasteiger partial charge on any atom is -0.381 e. The van der Waals surface area contributed by atoms with Crippen LogP contribution in [0.2, 0.25) is 0 Å². The van der Waals surface area contributed by atoms with Crippen LogP contribution in [0, 0.1) is 5.92 Å². The van der Waals surface area contributed by atoms with Gasteiger partial charge in [0, 0.05) is 49.5 Å². The molecule has 9 heteroatoms. The lowest BCUT2D eigenvalue weighted by molar-refractivity contribution is 0.181. The third-order valence-electron chi connectivity index (χ3n) is 5.63. The van der Waals surface area contributed by atoms with Crippen molar-refractivity contribution in [2.45, 2.75) is 13.0 Å². The van der Waals surface area contributed by atoms with Crippen molar-refractivity contribution in [1.82, 2.24) is 34.2 Å². The molecule has 156 valence electrons. The normalized spacial score (nSPS) is 16.5. The number of hydrogen-bond donors (Lipinski definition) is 1. The van der Waals surface area contributed by atoms with E-state index in [1.165, 1.54) is 0 Å². The van der Waals surface area contributed by atoms with E-state index in [1.807, 2.05) is 57.6 Å². The van der Waals surface area contributed by atoms with Gasteiger partial charge in [0.25, 0.3) is 0 Å². The Kier molecular flexibility index (Phi) is 4.20. The van der Waals surface area contributed by atoms with Crippen molar-refractivity contribution in [3.63, 3.8) is 0 Å². The van der Waals surface area contributed by atoms with E-state index >= 15 is 0 Å². The van der Waals surface area contributed by atoms with Crippen LogP contribution < -0.4 is 5.32 Å². The molecule has 1 aliphatic heterocycles. The van der Waals surface area contributed by atoms with Gasteiger partial charge in [0.15, 0.2) is 5.65 Å². The molecule has 0 saturated carbocycles. The molecule has 1 aliphatic rings. The molecule has 0 bridgehead atoms. The zero-order chi connectivity index (χ0) is 20.8. The predicted molar refractivity (Wildman–Crippen MR) is 117 cm³/mol. The van der Waals surface area contributed by atoms with Gasteiger partial charge in [-0.3, -0.25) is 9.36 Å². The quantitative estimate of drug-likeness (QED) is 0.475. The smallest absolute Gasteiger partial charge is 0.247 e. The summed E-state index contributed by atoms with van der Waals surface area (Å²) in [5.41, 5.74) is 4.66. The minimum atomic E-state index is 0.529. The summed E-state index contributed by atoms with van der Waals surface area (Å²) in [5.74, 6) is 1.07. The highest BCUT2D eigenvalue weighted by Crippen LogP contribution is 2.25. The van der Waals surface area contributed by atoms with Gasteiger partial charge in [-0.2, -0.15) is 15.2 Å². The van der Waals surface area contributed by atoms with Gasteiger partial charge in [-0.15, -0.1) is 5.10 Å². The van der Waals surface area contributed by atoms with Crippen LogP contribution in [0.1, 0.15) is 6.42 Å². The number of pyridine rings is 1. The van der Waals surface area contributed by atoms with Gasteiger partial charge in [-0.1, -0.05) is 12.1 Å². The van der Waals surface area contributed by atoms with E-state index in [4.69, 9.17) is 9.84 Å². The molecule has 31 heavy (non-hydrogen) atoms. The van der Waals surface area contributed by atoms with Crippen LogP contribution in [0.25, 0.3) is 27.8 Å². The zero-order valence-electron chi connectivity index (χ0n) is 17.1. The number of hydrogen-bond acceptors (Lipinski definition) is 6. The molecule has 0 amide bonds. The maximum atomic E-state index is 5.45. The van der Waals surface area contributed by atoms with Gasteiger partial charge in [-0.25, -0.2) is 4.52 Å². The Hall–Kier alpha value is -3.72. The van der Waals surface area contributed by atoms with Crippen molar-refractivity contribution in [3.05, 3.63) is 55.0 Å². The highest BCUT2D eigenvalue weighted by atomic mass is 16.5. The number of nitrogens with one attached hydrogen (secondary N) is 1. The summed E-state index contributed by atoms with van der Waals surface area (Å²) in [6.45, 7) is 2.52. The van der Waals surface area contributed by atoms with E-state index in [0.29, 0.717) is 11.9 Å². The Morgan fingerprint density at radius 2 is 2.13 bits per heavy atom. The molecular weight excluding hydrogens is 392 g/mol. The number of ether oxygens (including phenoxy) is 1. The maximum Gasteiger partial charge on any atom is 0.247 e. The summed E-state index contributed by atoms with van der Waals surface area (Å²) in [5, 5.41) is 18.0. The molecule has 1 N–H and O–H groups in total. The van der Waals surface area contributed by atoms with Crippen LogP contribution in [-0.4, -0.2) is 47.4 Å². The summed E-state index contributed by atoms with van der Waals surface area (Å²) in [6.07, 6.45) is 6.90. The molecule has 9 nitrogen and oxygen atoms in total. The summed E-state index contributed by atoms with van der Waals surface area (Å²) in [7, 11) is 1.93. The van der Waals surface area contributed by atoms with Crippen LogP contribution in [0.15, 0.2) is 55.0 Å². The van der Waals surface area contributed by atoms with Gasteiger partial charge in [-0.05, 0) is 30.7 Å². The maximum absolute atomic E-state index is 5.45. The molecule has 0 aliphatic carbocycles. The molecule has 6 rings (SSSR count). The average molecular weight is 414 g/mol. The highest BCUT2D eigenvalue weighted by molar-refractivity contribution is 5.83. The summed E-state index contributed by atoms with van der Waals surface area (Å²) >= 11 is 0. The molecule has 0 spiro atoms. The molecule has 0 radical (unpaired) electrons. The van der Waals surface area contributed by atoms with E-state index in [2.05, 4.69) is 32.6 Å². The Morgan fingerprint density at radius 3 is 3.03 bits per heavy atom. The summed E-state index contributed by atoms with van der Waals surface area (Å²) in [6, 6.07) is 12.2. The second-order valence-corrected chi connectivity index (χ2v) is 8.00. The lowest BCUT2D eigenvalue weighted by atomic mass is 10.1. The van der Waals surface area contributed by atoms with Crippen LogP contribution in [0.5, 0.6) is 0 Å². The third-order valence-corrected chi connectivity index (χ3v) is 5.63. The molecule has 1 unspecified atom stereocenters. The first kappa shape index (κ1) is 18.1. The van der Waals surface area contributed by atoms with E-state index in [1.54, 1.807) is 6.20 Å². The molecule has 4 aromatic heterocycles. The summed E-state index contributed by atoms with van der Waals surface area (Å²) in [4.78, 5) is 4.64. The number of nitrogens with zero attached hydrogens (tertiary/aromatic N) is 7. The Bertz CT molecular complexity index is 1370. The fourth-order valence-electron chi connectivity index (χ4n) is 4.13. The standard InChI is InChI=1S/C22H22N8O/c1-28-12-17-9-16(5-6-19(17)26-28)20-3-2-4-21-25-22(27-30(20)21)24-18-10-23-29(13-18)11-15-7-8-31-14-15/h2-6,9-10,12-13,15H,7-8,11,14H2,1H3,(H,24,27). The highest BCUT2D eigenvalue weighted by Gasteiger charge is 2.17. The van der Waals surface area contributed by atoms with E-state index in [9.17, 15) is 0 Å². The molecule has 1 aromatic carbocycles. The van der Waals surface area contributed by atoms with Crippen molar-refractivity contribution in [2.24, 2.45) is 13.0 Å². The first-order valence-electron chi connectivity index (χ1n) is 10.4. The molecular formula is C22H22N8O. The fourth-order valence-corrected chi connectivity index (χ4v) is 4.13. The zero-order valence-corrected chi connectivity index (χ0v) is 17.1. The minimum absolute atomic E-state index is 0.529. The number of fused-ring (bicyclic) bond motifs is 2. The van der Waals surface area contributed by atoms with Crippen LogP contribution in [0.3, 0.4) is 0 Å². The number of aromatic nitrogens is 7. The van der Waals surface area contributed by atoms with Crippen molar-refractivity contribution >= 4 is 28.2 Å². The van der Waals surface area contributed by atoms with Crippen LogP contribution in [0.4, 0.5) is 11.6 Å². The molecule has 5 aromatic rings. The number of anilines is 2. The van der Waals surface area contributed by atoms with E-state index in [-0.39, 0.29) is 0 Å². The Balaban J connectivity index is 1.29. The predicted octanol–water partition coefficient (Wildman–Crippen LogP) is 3.26. The van der Waals surface area contributed by atoms with Gasteiger partial charge in [0.05, 0.1) is 29.7 Å². The Labute approximate surface area is 178 Å². The van der Waals surface area contributed by atoms with E-state index in [0.717, 1.165) is 59.7 Å². The second-order valence-electron chi connectivity index (χ2n) is 8.00. The number of benzene rings is 1. The second kappa shape index (κ2) is 7.21. The van der Waals surface area contributed by atoms with Crippen LogP contribution >= 0.6 is 0 Å². The number of aryl methyl sites for hydroxylation is 1. The SMILES string of the molecule is Cn1cc2cc(-c3cccc4nc(Nc5cnn(CC6CCOC6)c5)nn34)ccc2n1. The van der Waals surface area contributed by atoms with Crippen molar-refractivity contribution < 1.29 is 4.74 Å². The van der Waals surface area contributed by atoms with Crippen LogP contribution in [-0.2, 0) is 18.3 Å². The summed E-state index contributed by atoms with van der Waals surface area (Å²) < 4.78 is 11.1. The van der Waals surface area contributed by atoms with Crippen molar-refractivity contribution in [3.8, 4) is 11.3 Å². The first-order valence-corrected chi connectivity index (χ1v) is 10.4. The lowest BCUT2D eigenvalue weighted by Gasteiger charge is -2.06. The fraction of sp³-hybridized carbons (Fsp3) is 0.273. The van der Waals surface area contributed by atoms with E-state index < -0.39 is 0 Å². The first-order chi connectivity index (χ1) is 15.2. The topological polar surface area (TPSA) is 87.1 Å². The van der Waals surface area contributed by atoms with Gasteiger partial charge < -0.3 is 10.1 Å². The van der Waals surface area contributed by atoms with Gasteiger partial charge >= 0.3 is 0 Å². The molecule has 1 fully saturated rings. The Morgan fingerprint density at radius 1 is 1.16 bits per heavy atom. The lowest BCUT2D eigenvalue weighted by Crippen LogP contribution is -2.10. The van der Waals surface area contributed by atoms with Crippen molar-refractivity contribution in [1.29, 1.82) is 0 Å². The third kappa shape index (κ3) is 3.42. The van der Waals surface area contributed by atoms with Crippen molar-refractivity contribution in [2.75, 3.05) is 18.5 Å².